The smallest absolute Gasteiger partial charge is 0.263 e. The number of thiophene rings is 1. The lowest BCUT2D eigenvalue weighted by molar-refractivity contribution is 0.193. The highest BCUT2D eigenvalue weighted by Crippen LogP contribution is 2.26. The van der Waals surface area contributed by atoms with Gasteiger partial charge in [0.05, 0.1) is 5.39 Å². The molecule has 1 unspecified atom stereocenters. The van der Waals surface area contributed by atoms with Crippen LogP contribution in [0.4, 0.5) is 0 Å². The molecule has 1 aliphatic heterocycles. The standard InChI is InChI=1S/C15H21N3OS2/c1-9-10(2)21-13-12(9)14(19)18(15(20)16-13)8-11-5-4-6-17(3)7-11/h11H,4-8H2,1-3H3,(H,16,20). The molecule has 0 bridgehead atoms. The quantitative estimate of drug-likeness (QED) is 0.864. The number of aryl methyl sites for hydroxylation is 2. The minimum Gasteiger partial charge on any atom is -0.323 e. The van der Waals surface area contributed by atoms with Gasteiger partial charge < -0.3 is 9.88 Å². The Morgan fingerprint density at radius 3 is 2.90 bits per heavy atom. The second-order valence-electron chi connectivity index (χ2n) is 6.10. The van der Waals surface area contributed by atoms with E-state index in [1.54, 1.807) is 15.9 Å². The molecule has 1 saturated heterocycles. The van der Waals surface area contributed by atoms with E-state index in [4.69, 9.17) is 12.2 Å². The third kappa shape index (κ3) is 2.72. The van der Waals surface area contributed by atoms with E-state index in [2.05, 4.69) is 23.9 Å². The minimum absolute atomic E-state index is 0.0730. The third-order valence-corrected chi connectivity index (χ3v) is 5.92. The first-order valence-electron chi connectivity index (χ1n) is 7.38. The van der Waals surface area contributed by atoms with E-state index in [1.807, 2.05) is 6.92 Å². The number of piperidine rings is 1. The van der Waals surface area contributed by atoms with Crippen LogP contribution in [-0.2, 0) is 6.54 Å². The maximum Gasteiger partial charge on any atom is 0.263 e. The monoisotopic (exact) mass is 323 g/mol. The molecule has 2 aromatic rings. The summed E-state index contributed by atoms with van der Waals surface area (Å²) in [5.41, 5.74) is 1.16. The Labute approximate surface area is 133 Å². The predicted octanol–water partition coefficient (Wildman–Crippen LogP) is 3.08. The van der Waals surface area contributed by atoms with Gasteiger partial charge in [0, 0.05) is 18.0 Å². The molecule has 4 nitrogen and oxygen atoms in total. The number of aromatic nitrogens is 2. The van der Waals surface area contributed by atoms with Crippen molar-refractivity contribution in [2.75, 3.05) is 20.1 Å². The number of aromatic amines is 1. The summed E-state index contributed by atoms with van der Waals surface area (Å²) < 4.78 is 2.32. The van der Waals surface area contributed by atoms with Crippen molar-refractivity contribution in [3.63, 3.8) is 0 Å². The maximum absolute atomic E-state index is 12.8. The van der Waals surface area contributed by atoms with Crippen LogP contribution in [0.15, 0.2) is 4.79 Å². The van der Waals surface area contributed by atoms with Crippen LogP contribution in [0, 0.1) is 24.5 Å². The Morgan fingerprint density at radius 2 is 2.19 bits per heavy atom. The Balaban J connectivity index is 2.04. The van der Waals surface area contributed by atoms with Gasteiger partial charge >= 0.3 is 0 Å². The topological polar surface area (TPSA) is 41.0 Å². The molecule has 1 aliphatic rings. The van der Waals surface area contributed by atoms with Gasteiger partial charge in [0.2, 0.25) is 0 Å². The van der Waals surface area contributed by atoms with Crippen LogP contribution >= 0.6 is 23.6 Å². The zero-order valence-electron chi connectivity index (χ0n) is 12.7. The second kappa shape index (κ2) is 5.66. The van der Waals surface area contributed by atoms with Crippen LogP contribution in [0.3, 0.4) is 0 Å². The third-order valence-electron chi connectivity index (χ3n) is 4.47. The lowest BCUT2D eigenvalue weighted by Crippen LogP contribution is -2.36. The van der Waals surface area contributed by atoms with E-state index < -0.39 is 0 Å². The molecule has 0 aromatic carbocycles. The predicted molar refractivity (Wildman–Crippen MR) is 91.0 cm³/mol. The highest BCUT2D eigenvalue weighted by Gasteiger charge is 2.20. The van der Waals surface area contributed by atoms with Gasteiger partial charge in [-0.25, -0.2) is 0 Å². The average molecular weight is 323 g/mol. The molecule has 3 heterocycles. The SMILES string of the molecule is Cc1sc2[nH]c(=S)n(CC3CCCN(C)C3)c(=O)c2c1C. The Morgan fingerprint density at radius 1 is 1.43 bits per heavy atom. The van der Waals surface area contributed by atoms with E-state index in [0.29, 0.717) is 10.7 Å². The van der Waals surface area contributed by atoms with Gasteiger partial charge in [-0.2, -0.15) is 0 Å². The van der Waals surface area contributed by atoms with E-state index in [9.17, 15) is 4.79 Å². The highest BCUT2D eigenvalue weighted by atomic mass is 32.1. The number of nitrogens with zero attached hydrogens (tertiary/aromatic N) is 2. The average Bonchev–Trinajstić information content (AvgIpc) is 2.70. The molecule has 2 aromatic heterocycles. The summed E-state index contributed by atoms with van der Waals surface area (Å²) in [7, 11) is 2.14. The molecular weight excluding hydrogens is 302 g/mol. The van der Waals surface area contributed by atoms with Crippen LogP contribution in [0.25, 0.3) is 10.2 Å². The first kappa shape index (κ1) is 14.9. The molecule has 1 fully saturated rings. The summed E-state index contributed by atoms with van der Waals surface area (Å²) >= 11 is 7.04. The summed E-state index contributed by atoms with van der Waals surface area (Å²) in [6.45, 7) is 6.99. The van der Waals surface area contributed by atoms with Crippen LogP contribution in [-0.4, -0.2) is 34.6 Å². The fourth-order valence-electron chi connectivity index (χ4n) is 3.21. The van der Waals surface area contributed by atoms with Crippen LogP contribution in [0.1, 0.15) is 23.3 Å². The number of hydrogen-bond donors (Lipinski definition) is 1. The van der Waals surface area contributed by atoms with Gasteiger partial charge in [-0.3, -0.25) is 9.36 Å². The molecule has 1 atom stereocenters. The molecule has 0 spiro atoms. The van der Waals surface area contributed by atoms with Crippen molar-refractivity contribution in [3.05, 3.63) is 25.6 Å². The van der Waals surface area contributed by atoms with E-state index in [0.717, 1.165) is 35.4 Å². The van der Waals surface area contributed by atoms with E-state index >= 15 is 0 Å². The molecule has 0 aliphatic carbocycles. The van der Waals surface area contributed by atoms with Gasteiger partial charge in [0.25, 0.3) is 5.56 Å². The first-order chi connectivity index (χ1) is 9.97. The van der Waals surface area contributed by atoms with Gasteiger partial charge in [-0.05, 0) is 64.0 Å². The van der Waals surface area contributed by atoms with Crippen LogP contribution in [0.5, 0.6) is 0 Å². The zero-order valence-corrected chi connectivity index (χ0v) is 14.4. The van der Waals surface area contributed by atoms with Crippen LogP contribution < -0.4 is 5.56 Å². The normalized spacial score (nSPS) is 20.2. The molecule has 114 valence electrons. The molecule has 21 heavy (non-hydrogen) atoms. The van der Waals surface area contributed by atoms with Crippen molar-refractivity contribution in [2.24, 2.45) is 5.92 Å². The van der Waals surface area contributed by atoms with Crippen molar-refractivity contribution in [3.8, 4) is 0 Å². The highest BCUT2D eigenvalue weighted by molar-refractivity contribution is 7.71. The number of H-pyrrole nitrogens is 1. The number of hydrogen-bond acceptors (Lipinski definition) is 4. The number of rotatable bonds is 2. The summed E-state index contributed by atoms with van der Waals surface area (Å²) in [6, 6.07) is 0. The Hall–Kier alpha value is -0.980. The molecule has 3 rings (SSSR count). The van der Waals surface area contributed by atoms with Crippen molar-refractivity contribution < 1.29 is 0 Å². The molecule has 1 N–H and O–H groups in total. The van der Waals surface area contributed by atoms with Gasteiger partial charge in [0.1, 0.15) is 4.83 Å². The minimum atomic E-state index is 0.0730. The summed E-state index contributed by atoms with van der Waals surface area (Å²) in [6.07, 6.45) is 2.37. The molecular formula is C15H21N3OS2. The number of nitrogens with one attached hydrogen (secondary N) is 1. The zero-order chi connectivity index (χ0) is 15.1. The summed E-state index contributed by atoms with van der Waals surface area (Å²) in [4.78, 5) is 20.5. The number of fused-ring (bicyclic) bond motifs is 1. The van der Waals surface area contributed by atoms with Crippen molar-refractivity contribution in [1.82, 2.24) is 14.5 Å². The maximum atomic E-state index is 12.8. The van der Waals surface area contributed by atoms with Crippen molar-refractivity contribution >= 4 is 33.8 Å². The molecule has 0 radical (unpaired) electrons. The Bertz CT molecular complexity index is 787. The second-order valence-corrected chi connectivity index (χ2v) is 7.72. The van der Waals surface area contributed by atoms with Crippen molar-refractivity contribution in [1.29, 1.82) is 0 Å². The molecule has 6 heteroatoms. The first-order valence-corrected chi connectivity index (χ1v) is 8.61. The lowest BCUT2D eigenvalue weighted by atomic mass is 9.98. The fourth-order valence-corrected chi connectivity index (χ4v) is 4.59. The van der Waals surface area contributed by atoms with Crippen molar-refractivity contribution in [2.45, 2.75) is 33.2 Å². The summed E-state index contributed by atoms with van der Waals surface area (Å²) in [5, 5.41) is 0.815. The van der Waals surface area contributed by atoms with E-state index in [-0.39, 0.29) is 5.56 Å². The molecule has 0 saturated carbocycles. The summed E-state index contributed by atoms with van der Waals surface area (Å²) in [5.74, 6) is 0.508. The van der Waals surface area contributed by atoms with Gasteiger partial charge in [-0.1, -0.05) is 0 Å². The molecule has 0 amide bonds. The lowest BCUT2D eigenvalue weighted by Gasteiger charge is -2.29. The van der Waals surface area contributed by atoms with Gasteiger partial charge in [0.15, 0.2) is 4.77 Å². The largest absolute Gasteiger partial charge is 0.323 e. The van der Waals surface area contributed by atoms with Gasteiger partial charge in [-0.15, -0.1) is 11.3 Å². The fraction of sp³-hybridized carbons (Fsp3) is 0.600. The number of likely N-dealkylation sites (tertiary alicyclic amines) is 1. The Kier molecular flexibility index (Phi) is 4.03. The van der Waals surface area contributed by atoms with Crippen LogP contribution in [0.2, 0.25) is 0 Å². The van der Waals surface area contributed by atoms with E-state index in [1.165, 1.54) is 17.7 Å².